The van der Waals surface area contributed by atoms with Crippen LogP contribution in [0.3, 0.4) is 0 Å². The predicted octanol–water partition coefficient (Wildman–Crippen LogP) is 1.95. The summed E-state index contributed by atoms with van der Waals surface area (Å²) in [4.78, 5) is 30.8. The van der Waals surface area contributed by atoms with E-state index in [0.29, 0.717) is 24.8 Å². The summed E-state index contributed by atoms with van der Waals surface area (Å²) in [6, 6.07) is 10.8. The normalized spacial score (nSPS) is 23.5. The first-order valence-corrected chi connectivity index (χ1v) is 9.31. The smallest absolute Gasteiger partial charge is 0.223 e. The Morgan fingerprint density at radius 1 is 0.960 bits per heavy atom. The van der Waals surface area contributed by atoms with E-state index in [2.05, 4.69) is 43.3 Å². The van der Waals surface area contributed by atoms with E-state index >= 15 is 0 Å². The molecule has 2 atom stereocenters. The maximum absolute atomic E-state index is 12.5. The van der Waals surface area contributed by atoms with Gasteiger partial charge in [0.25, 0.3) is 0 Å². The van der Waals surface area contributed by atoms with Gasteiger partial charge in [0, 0.05) is 51.0 Å². The molecule has 0 bridgehead atoms. The molecule has 0 aromatic heterocycles. The van der Waals surface area contributed by atoms with Crippen LogP contribution in [-0.4, -0.2) is 72.8 Å². The van der Waals surface area contributed by atoms with Crippen molar-refractivity contribution in [1.82, 2.24) is 14.7 Å². The minimum atomic E-state index is 0.120. The average molecular weight is 343 g/mol. The molecule has 0 N–H and O–H groups in total. The van der Waals surface area contributed by atoms with Crippen LogP contribution >= 0.6 is 0 Å². The first kappa shape index (κ1) is 17.9. The molecule has 2 saturated heterocycles. The van der Waals surface area contributed by atoms with Crippen molar-refractivity contribution in [2.45, 2.75) is 37.6 Å². The Morgan fingerprint density at radius 2 is 1.56 bits per heavy atom. The first-order chi connectivity index (χ1) is 12.0. The standard InChI is InChI=1S/C20H29N3O2/c1-21(2)18-11-13-23(15-18)20(25)9-8-19(24)22-12-10-17(14-22)16-6-4-3-5-7-16/h3-7,17-18H,8-15H2,1-2H3. The second-order valence-electron chi connectivity index (χ2n) is 7.48. The number of amides is 2. The van der Waals surface area contributed by atoms with Crippen LogP contribution in [0.4, 0.5) is 0 Å². The fourth-order valence-corrected chi connectivity index (χ4v) is 3.90. The lowest BCUT2D eigenvalue weighted by Gasteiger charge is -2.21. The highest BCUT2D eigenvalue weighted by Gasteiger charge is 2.30. The molecule has 2 aliphatic heterocycles. The molecule has 2 fully saturated rings. The second-order valence-corrected chi connectivity index (χ2v) is 7.48. The average Bonchev–Trinajstić information content (AvgIpc) is 3.29. The summed E-state index contributed by atoms with van der Waals surface area (Å²) >= 11 is 0. The molecule has 1 aromatic carbocycles. The van der Waals surface area contributed by atoms with Crippen molar-refractivity contribution in [2.75, 3.05) is 40.3 Å². The highest BCUT2D eigenvalue weighted by molar-refractivity contribution is 5.84. The van der Waals surface area contributed by atoms with Crippen molar-refractivity contribution in [1.29, 1.82) is 0 Å². The zero-order chi connectivity index (χ0) is 17.8. The zero-order valence-electron chi connectivity index (χ0n) is 15.4. The number of likely N-dealkylation sites (N-methyl/N-ethyl adjacent to an activating group) is 1. The fourth-order valence-electron chi connectivity index (χ4n) is 3.90. The van der Waals surface area contributed by atoms with Crippen LogP contribution in [0.25, 0.3) is 0 Å². The van der Waals surface area contributed by atoms with Gasteiger partial charge in [-0.05, 0) is 32.5 Å². The lowest BCUT2D eigenvalue weighted by molar-refractivity contribution is -0.136. The van der Waals surface area contributed by atoms with E-state index in [1.807, 2.05) is 15.9 Å². The van der Waals surface area contributed by atoms with E-state index in [1.54, 1.807) is 0 Å². The van der Waals surface area contributed by atoms with Gasteiger partial charge in [-0.15, -0.1) is 0 Å². The summed E-state index contributed by atoms with van der Waals surface area (Å²) < 4.78 is 0. The van der Waals surface area contributed by atoms with Crippen LogP contribution in [0.5, 0.6) is 0 Å². The van der Waals surface area contributed by atoms with Crippen molar-refractivity contribution >= 4 is 11.8 Å². The largest absolute Gasteiger partial charge is 0.342 e. The van der Waals surface area contributed by atoms with Gasteiger partial charge < -0.3 is 14.7 Å². The molecule has 3 rings (SSSR count). The van der Waals surface area contributed by atoms with Gasteiger partial charge in [0.05, 0.1) is 0 Å². The minimum Gasteiger partial charge on any atom is -0.342 e. The van der Waals surface area contributed by atoms with Crippen LogP contribution in [0.15, 0.2) is 30.3 Å². The first-order valence-electron chi connectivity index (χ1n) is 9.31. The Hall–Kier alpha value is -1.88. The summed E-state index contributed by atoms with van der Waals surface area (Å²) in [6.07, 6.45) is 2.72. The van der Waals surface area contributed by atoms with Crippen molar-refractivity contribution in [3.8, 4) is 0 Å². The van der Waals surface area contributed by atoms with E-state index in [1.165, 1.54) is 5.56 Å². The Bertz CT molecular complexity index is 602. The molecule has 25 heavy (non-hydrogen) atoms. The summed E-state index contributed by atoms with van der Waals surface area (Å²) in [5, 5.41) is 0. The molecule has 2 heterocycles. The minimum absolute atomic E-state index is 0.120. The summed E-state index contributed by atoms with van der Waals surface area (Å²) in [5.41, 5.74) is 1.31. The van der Waals surface area contributed by atoms with Crippen LogP contribution in [-0.2, 0) is 9.59 Å². The highest BCUT2D eigenvalue weighted by atomic mass is 16.2. The molecule has 5 heteroatoms. The highest BCUT2D eigenvalue weighted by Crippen LogP contribution is 2.27. The maximum atomic E-state index is 12.5. The maximum Gasteiger partial charge on any atom is 0.223 e. The molecule has 5 nitrogen and oxygen atoms in total. The van der Waals surface area contributed by atoms with Gasteiger partial charge in [-0.1, -0.05) is 30.3 Å². The van der Waals surface area contributed by atoms with Crippen molar-refractivity contribution < 1.29 is 9.59 Å². The lowest BCUT2D eigenvalue weighted by atomic mass is 9.99. The predicted molar refractivity (Wildman–Crippen MR) is 98.3 cm³/mol. The quantitative estimate of drug-likeness (QED) is 0.821. The van der Waals surface area contributed by atoms with E-state index in [0.717, 1.165) is 39.0 Å². The third-order valence-electron chi connectivity index (χ3n) is 5.61. The molecule has 0 radical (unpaired) electrons. The Balaban J connectivity index is 1.43. The van der Waals surface area contributed by atoms with Crippen molar-refractivity contribution in [2.24, 2.45) is 0 Å². The Morgan fingerprint density at radius 3 is 2.16 bits per heavy atom. The molecule has 2 amide bonds. The number of hydrogen-bond acceptors (Lipinski definition) is 3. The van der Waals surface area contributed by atoms with E-state index in [4.69, 9.17) is 0 Å². The Labute approximate surface area is 150 Å². The second kappa shape index (κ2) is 8.00. The number of carbonyl (C=O) groups is 2. The lowest BCUT2D eigenvalue weighted by Crippen LogP contribution is -2.35. The number of benzene rings is 1. The van der Waals surface area contributed by atoms with Crippen LogP contribution in [0.2, 0.25) is 0 Å². The van der Waals surface area contributed by atoms with E-state index in [-0.39, 0.29) is 11.8 Å². The van der Waals surface area contributed by atoms with Gasteiger partial charge >= 0.3 is 0 Å². The van der Waals surface area contributed by atoms with Gasteiger partial charge in [0.2, 0.25) is 11.8 Å². The van der Waals surface area contributed by atoms with Crippen LogP contribution < -0.4 is 0 Å². The molecule has 0 aliphatic carbocycles. The van der Waals surface area contributed by atoms with Crippen molar-refractivity contribution in [3.63, 3.8) is 0 Å². The fraction of sp³-hybridized carbons (Fsp3) is 0.600. The molecule has 2 unspecified atom stereocenters. The number of rotatable bonds is 5. The third-order valence-corrected chi connectivity index (χ3v) is 5.61. The third kappa shape index (κ3) is 4.40. The number of likely N-dealkylation sites (tertiary alicyclic amines) is 2. The van der Waals surface area contributed by atoms with Crippen LogP contribution in [0.1, 0.15) is 37.2 Å². The molecular formula is C20H29N3O2. The van der Waals surface area contributed by atoms with Gasteiger partial charge in [-0.3, -0.25) is 9.59 Å². The molecule has 0 spiro atoms. The van der Waals surface area contributed by atoms with E-state index in [9.17, 15) is 9.59 Å². The van der Waals surface area contributed by atoms with E-state index < -0.39 is 0 Å². The van der Waals surface area contributed by atoms with Gasteiger partial charge in [-0.2, -0.15) is 0 Å². The number of carbonyl (C=O) groups excluding carboxylic acids is 2. The molecule has 136 valence electrons. The van der Waals surface area contributed by atoms with Gasteiger partial charge in [0.15, 0.2) is 0 Å². The van der Waals surface area contributed by atoms with Gasteiger partial charge in [-0.25, -0.2) is 0 Å². The summed E-state index contributed by atoms with van der Waals surface area (Å²) in [7, 11) is 4.11. The Kier molecular flexibility index (Phi) is 5.74. The number of hydrogen-bond donors (Lipinski definition) is 0. The molecule has 2 aliphatic rings. The summed E-state index contributed by atoms with van der Waals surface area (Å²) in [6.45, 7) is 3.19. The molecule has 0 saturated carbocycles. The van der Waals surface area contributed by atoms with Crippen molar-refractivity contribution in [3.05, 3.63) is 35.9 Å². The molecular weight excluding hydrogens is 314 g/mol. The zero-order valence-corrected chi connectivity index (χ0v) is 15.4. The topological polar surface area (TPSA) is 43.9 Å². The van der Waals surface area contributed by atoms with Crippen LogP contribution in [0, 0.1) is 0 Å². The van der Waals surface area contributed by atoms with Gasteiger partial charge in [0.1, 0.15) is 0 Å². The SMILES string of the molecule is CN(C)C1CCN(C(=O)CCC(=O)N2CCC(c3ccccc3)C2)C1. The summed E-state index contributed by atoms with van der Waals surface area (Å²) in [5.74, 6) is 0.673. The molecule has 1 aromatic rings. The monoisotopic (exact) mass is 343 g/mol. The number of nitrogens with zero attached hydrogens (tertiary/aromatic N) is 3.